The number of aromatic nitrogens is 1. The fraction of sp³-hybridized carbons (Fsp3) is 0.375. The van der Waals surface area contributed by atoms with Crippen LogP contribution in [-0.2, 0) is 0 Å². The summed E-state index contributed by atoms with van der Waals surface area (Å²) < 4.78 is -1.13. The van der Waals surface area contributed by atoms with Gasteiger partial charge in [-0.2, -0.15) is 0 Å². The van der Waals surface area contributed by atoms with Crippen LogP contribution < -0.4 is 0 Å². The number of rotatable bonds is 0. The smallest absolute Gasteiger partial charge is 0.208 e. The van der Waals surface area contributed by atoms with Crippen LogP contribution in [0.25, 0.3) is 0 Å². The van der Waals surface area contributed by atoms with Gasteiger partial charge in [-0.15, -0.1) is 0 Å². The van der Waals surface area contributed by atoms with Gasteiger partial charge in [-0.25, -0.2) is 0 Å². The van der Waals surface area contributed by atoms with Gasteiger partial charge in [-0.05, 0) is 24.6 Å². The van der Waals surface area contributed by atoms with Gasteiger partial charge in [0, 0.05) is 6.20 Å². The lowest BCUT2D eigenvalue weighted by Gasteiger charge is -1.90. The number of pyridine rings is 1. The van der Waals surface area contributed by atoms with Gasteiger partial charge in [0.25, 0.3) is 0 Å². The minimum absolute atomic E-state index is 0.796. The number of aryl methyl sites for hydroxylation is 1. The molecule has 0 amide bonds. The Morgan fingerprint density at radius 1 is 1.27 bits per heavy atom. The highest BCUT2D eigenvalue weighted by molar-refractivity contribution is 8.16. The van der Waals surface area contributed by atoms with Gasteiger partial charge in [0.1, 0.15) is 4.64 Å². The number of hydrogen-bond acceptors (Lipinski definition) is 2. The van der Waals surface area contributed by atoms with E-state index in [0.717, 1.165) is 16.4 Å². The summed E-state index contributed by atoms with van der Waals surface area (Å²) in [6.45, 7) is 2.02. The minimum Gasteiger partial charge on any atom is -0.353 e. The van der Waals surface area contributed by atoms with Crippen molar-refractivity contribution in [3.63, 3.8) is 0 Å². The van der Waals surface area contributed by atoms with E-state index in [-0.39, 0.29) is 0 Å². The van der Waals surface area contributed by atoms with Gasteiger partial charge in [0.05, 0.1) is 0 Å². The monoisotopic (exact) mass is 321 g/mol. The molecule has 1 nitrogen and oxygen atoms in total. The highest BCUT2D eigenvalue weighted by Crippen LogP contribution is 2.74. The van der Waals surface area contributed by atoms with Crippen molar-refractivity contribution in [2.75, 3.05) is 0 Å². The first-order chi connectivity index (χ1) is 6.74. The molecule has 1 saturated heterocycles. The summed E-state index contributed by atoms with van der Waals surface area (Å²) in [7, 11) is 0. The van der Waals surface area contributed by atoms with E-state index in [1.165, 1.54) is 5.56 Å². The predicted molar refractivity (Wildman–Crippen MR) is 72.8 cm³/mol. The van der Waals surface area contributed by atoms with Crippen LogP contribution >= 0.6 is 70.4 Å². The predicted octanol–water partition coefficient (Wildman–Crippen LogP) is 5.05. The molecule has 1 fully saturated rings. The molecular weight excluding hydrogens is 316 g/mol. The lowest BCUT2D eigenvalue weighted by molar-refractivity contribution is 1.26. The van der Waals surface area contributed by atoms with Crippen molar-refractivity contribution < 1.29 is 0 Å². The summed E-state index contributed by atoms with van der Waals surface area (Å²) in [6.07, 6.45) is 1.84. The summed E-state index contributed by atoms with van der Waals surface area (Å²) in [6, 6.07) is 3.91. The van der Waals surface area contributed by atoms with Crippen LogP contribution in [0.1, 0.15) is 5.56 Å². The van der Waals surface area contributed by atoms with Gasteiger partial charge < -0.3 is 4.98 Å². The molecule has 1 aliphatic rings. The van der Waals surface area contributed by atoms with Crippen molar-refractivity contribution in [3.8, 4) is 0 Å². The van der Waals surface area contributed by atoms with Gasteiger partial charge in [0.2, 0.25) is 7.33 Å². The van der Waals surface area contributed by atoms with E-state index in [4.69, 9.17) is 58.6 Å². The summed E-state index contributed by atoms with van der Waals surface area (Å²) in [5, 5.41) is 0. The van der Waals surface area contributed by atoms with Crippen LogP contribution in [0.15, 0.2) is 18.3 Å². The molecular formula is C8H7Cl4NS2. The Labute approximate surface area is 117 Å². The van der Waals surface area contributed by atoms with E-state index in [2.05, 4.69) is 4.98 Å². The van der Waals surface area contributed by atoms with Gasteiger partial charge in [-0.3, -0.25) is 0 Å². The zero-order valence-corrected chi connectivity index (χ0v) is 12.2. The molecule has 0 aromatic carbocycles. The van der Waals surface area contributed by atoms with Crippen molar-refractivity contribution in [2.24, 2.45) is 0 Å². The Kier molecular flexibility index (Phi) is 4.67. The van der Waals surface area contributed by atoms with E-state index in [1.54, 1.807) is 0 Å². The van der Waals surface area contributed by atoms with Crippen LogP contribution in [-0.4, -0.2) is 12.3 Å². The summed E-state index contributed by atoms with van der Waals surface area (Å²) in [5.41, 5.74) is 1.20. The fourth-order valence-electron chi connectivity index (χ4n) is 0.687. The largest absolute Gasteiger partial charge is 0.353 e. The highest BCUT2D eigenvalue weighted by Gasteiger charge is 2.67. The number of H-pyrrole nitrogens is 1. The summed E-state index contributed by atoms with van der Waals surface area (Å²) >= 11 is 27.5. The zero-order valence-electron chi connectivity index (χ0n) is 7.56. The lowest BCUT2D eigenvalue weighted by Crippen LogP contribution is -1.96. The maximum atomic E-state index is 5.40. The molecule has 2 rings (SSSR count). The molecule has 1 aromatic rings. The molecule has 84 valence electrons. The molecule has 0 atom stereocenters. The molecule has 15 heavy (non-hydrogen) atoms. The molecule has 1 aromatic heterocycles. The van der Waals surface area contributed by atoms with E-state index in [1.807, 2.05) is 25.3 Å². The number of thioether (sulfide) groups is 1. The first-order valence-corrected chi connectivity index (χ1v) is 6.59. The number of halogens is 4. The van der Waals surface area contributed by atoms with Crippen molar-refractivity contribution in [3.05, 3.63) is 28.5 Å². The molecule has 0 bridgehead atoms. The number of alkyl halides is 4. The van der Waals surface area contributed by atoms with Crippen molar-refractivity contribution in [1.82, 2.24) is 4.98 Å². The average molecular weight is 323 g/mol. The van der Waals surface area contributed by atoms with Crippen LogP contribution in [0.4, 0.5) is 0 Å². The third kappa shape index (κ3) is 4.33. The highest BCUT2D eigenvalue weighted by atomic mass is 35.5. The molecule has 0 aliphatic carbocycles. The standard InChI is InChI=1S/C6H7NS.C2Cl4S/c1-5-2-3-7-6(8)4-5;3-1(4)2(5,6)7-1/h2-4H,1H3,(H,7,8);. The van der Waals surface area contributed by atoms with Gasteiger partial charge in [0.15, 0.2) is 0 Å². The maximum Gasteiger partial charge on any atom is 0.208 e. The van der Waals surface area contributed by atoms with E-state index in [9.17, 15) is 0 Å². The van der Waals surface area contributed by atoms with Crippen LogP contribution in [0.2, 0.25) is 0 Å². The Morgan fingerprint density at radius 2 is 1.73 bits per heavy atom. The third-order valence-electron chi connectivity index (χ3n) is 1.48. The Hall–Kier alpha value is 0.880. The Bertz CT molecular complexity index is 390. The van der Waals surface area contributed by atoms with E-state index in [0.29, 0.717) is 0 Å². The van der Waals surface area contributed by atoms with E-state index >= 15 is 0 Å². The quantitative estimate of drug-likeness (QED) is 0.408. The third-order valence-corrected chi connectivity index (χ3v) is 5.54. The molecule has 0 radical (unpaired) electrons. The molecule has 7 heteroatoms. The van der Waals surface area contributed by atoms with Crippen LogP contribution in [0.3, 0.4) is 0 Å². The Balaban J connectivity index is 0.000000151. The van der Waals surface area contributed by atoms with Crippen molar-refractivity contribution in [2.45, 2.75) is 14.3 Å². The van der Waals surface area contributed by atoms with Gasteiger partial charge >= 0.3 is 0 Å². The van der Waals surface area contributed by atoms with E-state index < -0.39 is 7.33 Å². The molecule has 2 heterocycles. The second kappa shape index (κ2) is 5.03. The zero-order chi connectivity index (χ0) is 11.7. The Morgan fingerprint density at radius 3 is 1.93 bits per heavy atom. The molecule has 1 N–H and O–H groups in total. The second-order valence-electron chi connectivity index (χ2n) is 2.87. The molecule has 0 saturated carbocycles. The maximum absolute atomic E-state index is 5.40. The van der Waals surface area contributed by atoms with Crippen LogP contribution in [0.5, 0.6) is 0 Å². The molecule has 0 spiro atoms. The minimum atomic E-state index is -0.962. The van der Waals surface area contributed by atoms with Gasteiger partial charge in [-0.1, -0.05) is 70.4 Å². The summed E-state index contributed by atoms with van der Waals surface area (Å²) in [4.78, 5) is 2.89. The molecule has 1 aliphatic heterocycles. The number of hydrogen-bond donors (Lipinski definition) is 1. The lowest BCUT2D eigenvalue weighted by atomic mass is 10.3. The first-order valence-electron chi connectivity index (χ1n) is 3.86. The van der Waals surface area contributed by atoms with Crippen LogP contribution in [0, 0.1) is 11.6 Å². The number of nitrogens with one attached hydrogen (secondary N) is 1. The second-order valence-corrected chi connectivity index (χ2v) is 8.29. The normalized spacial score (nSPS) is 20.1. The summed E-state index contributed by atoms with van der Waals surface area (Å²) in [5.74, 6) is 0. The molecule has 0 unspecified atom stereocenters. The number of aromatic amines is 1. The van der Waals surface area contributed by atoms with Crippen molar-refractivity contribution >= 4 is 70.4 Å². The average Bonchev–Trinajstić information content (AvgIpc) is 2.47. The fourth-order valence-corrected chi connectivity index (χ4v) is 3.07. The topological polar surface area (TPSA) is 15.8 Å². The SMILES string of the molecule is Cc1cc[nH]c(=S)c1.ClC1(Cl)SC1(Cl)Cl. The van der Waals surface area contributed by atoms with Crippen molar-refractivity contribution in [1.29, 1.82) is 0 Å². The first kappa shape index (κ1) is 13.9.